The zero-order valence-electron chi connectivity index (χ0n) is 13.2. The van der Waals surface area contributed by atoms with E-state index in [-0.39, 0.29) is 13.1 Å². The number of piperazine rings is 1. The molecule has 0 spiro atoms. The van der Waals surface area contributed by atoms with Crippen molar-refractivity contribution in [1.29, 1.82) is 0 Å². The normalized spacial score (nSPS) is 26.2. The maximum Gasteiger partial charge on any atom is 0.324 e. The Kier molecular flexibility index (Phi) is 4.06. The Morgan fingerprint density at radius 3 is 2.04 bits per heavy atom. The zero-order valence-corrected chi connectivity index (χ0v) is 14.8. The molecule has 0 aliphatic carbocycles. The number of benzene rings is 1. The zero-order chi connectivity index (χ0) is 17.7. The fourth-order valence-electron chi connectivity index (χ4n) is 3.10. The van der Waals surface area contributed by atoms with E-state index >= 15 is 0 Å². The lowest BCUT2D eigenvalue weighted by Crippen LogP contribution is -2.65. The van der Waals surface area contributed by atoms with Crippen molar-refractivity contribution < 1.29 is 21.6 Å². The highest BCUT2D eigenvalue weighted by atomic mass is 32.2. The van der Waals surface area contributed by atoms with E-state index in [4.69, 9.17) is 0 Å². The van der Waals surface area contributed by atoms with Crippen LogP contribution in [0.4, 0.5) is 10.5 Å². The minimum absolute atomic E-state index is 0.0179. The van der Waals surface area contributed by atoms with Gasteiger partial charge in [-0.25, -0.2) is 21.6 Å². The molecule has 2 heterocycles. The molecule has 0 bridgehead atoms. The van der Waals surface area contributed by atoms with Crippen molar-refractivity contribution in [2.45, 2.75) is 12.3 Å². The first kappa shape index (κ1) is 17.1. The first-order valence-electron chi connectivity index (χ1n) is 7.19. The van der Waals surface area contributed by atoms with E-state index in [2.05, 4.69) is 5.32 Å². The molecule has 2 atom stereocenters. The number of amides is 2. The van der Waals surface area contributed by atoms with Crippen LogP contribution in [0.2, 0.25) is 0 Å². The van der Waals surface area contributed by atoms with E-state index in [1.54, 1.807) is 30.3 Å². The first-order valence-corrected chi connectivity index (χ1v) is 10.9. The van der Waals surface area contributed by atoms with Crippen molar-refractivity contribution in [2.24, 2.45) is 0 Å². The number of hydrogen-bond donors (Lipinski definition) is 1. The Hall–Kier alpha value is -1.69. The number of carbonyl (C=O) groups excluding carboxylic acids is 1. The Balaban J connectivity index is 2.11. The van der Waals surface area contributed by atoms with Crippen molar-refractivity contribution in [3.63, 3.8) is 0 Å². The number of sulfonamides is 2. The number of hydrogen-bond acceptors (Lipinski definition) is 5. The van der Waals surface area contributed by atoms with Gasteiger partial charge in [-0.1, -0.05) is 18.2 Å². The van der Waals surface area contributed by atoms with Gasteiger partial charge in [0.2, 0.25) is 20.0 Å². The number of rotatable bonds is 3. The molecular formula is C13H18N4O5S2. The molecule has 2 unspecified atom stereocenters. The molecule has 0 saturated carbocycles. The first-order chi connectivity index (χ1) is 11.1. The molecule has 0 radical (unpaired) electrons. The Morgan fingerprint density at radius 1 is 0.958 bits per heavy atom. The number of fused-ring (bicyclic) bond motifs is 1. The van der Waals surface area contributed by atoms with Crippen LogP contribution < -0.4 is 10.2 Å². The standard InChI is InChI=1S/C13H18N4O5S2/c1-23(19,20)15-8-9-16(24(2,21)22)12-11(15)14-13(18)17(12)10-6-4-3-5-7-10/h3-7,11-12H,8-9H2,1-2H3,(H,14,18). The molecule has 132 valence electrons. The quantitative estimate of drug-likeness (QED) is 0.761. The van der Waals surface area contributed by atoms with Crippen molar-refractivity contribution in [2.75, 3.05) is 30.5 Å². The largest absolute Gasteiger partial charge is 0.324 e. The van der Waals surface area contributed by atoms with Gasteiger partial charge < -0.3 is 5.32 Å². The summed E-state index contributed by atoms with van der Waals surface area (Å²) >= 11 is 0. The van der Waals surface area contributed by atoms with Gasteiger partial charge in [0, 0.05) is 18.8 Å². The summed E-state index contributed by atoms with van der Waals surface area (Å²) in [5.41, 5.74) is 0.492. The third-order valence-electron chi connectivity index (χ3n) is 4.07. The monoisotopic (exact) mass is 374 g/mol. The van der Waals surface area contributed by atoms with Crippen molar-refractivity contribution >= 4 is 31.8 Å². The fourth-order valence-corrected chi connectivity index (χ4v) is 5.10. The molecule has 2 amide bonds. The number of urea groups is 1. The smallest absolute Gasteiger partial charge is 0.318 e. The Bertz CT molecular complexity index is 856. The number of para-hydroxylation sites is 1. The van der Waals surface area contributed by atoms with Crippen LogP contribution in [0.1, 0.15) is 0 Å². The lowest BCUT2D eigenvalue weighted by Gasteiger charge is -2.42. The summed E-state index contributed by atoms with van der Waals surface area (Å²) in [6, 6.07) is 8.01. The summed E-state index contributed by atoms with van der Waals surface area (Å²) in [5, 5.41) is 2.59. The molecule has 2 fully saturated rings. The highest BCUT2D eigenvalue weighted by Crippen LogP contribution is 2.31. The predicted octanol–water partition coefficient (Wildman–Crippen LogP) is -0.595. The summed E-state index contributed by atoms with van der Waals surface area (Å²) in [6.45, 7) is -0.0403. The van der Waals surface area contributed by atoms with E-state index in [1.807, 2.05) is 0 Å². The summed E-state index contributed by atoms with van der Waals surface area (Å²) in [7, 11) is -7.24. The summed E-state index contributed by atoms with van der Waals surface area (Å²) in [4.78, 5) is 13.7. The molecule has 9 nitrogen and oxygen atoms in total. The molecule has 2 saturated heterocycles. The molecule has 2 aliphatic rings. The highest BCUT2D eigenvalue weighted by Gasteiger charge is 2.53. The minimum Gasteiger partial charge on any atom is -0.318 e. The Morgan fingerprint density at radius 2 is 1.50 bits per heavy atom. The second kappa shape index (κ2) is 5.69. The van der Waals surface area contributed by atoms with Crippen LogP contribution in [0.5, 0.6) is 0 Å². The number of anilines is 1. The molecule has 1 N–H and O–H groups in total. The fraction of sp³-hybridized carbons (Fsp3) is 0.462. The third kappa shape index (κ3) is 2.88. The highest BCUT2D eigenvalue weighted by molar-refractivity contribution is 7.88. The van der Waals surface area contributed by atoms with Gasteiger partial charge in [-0.3, -0.25) is 4.90 Å². The molecule has 0 aromatic heterocycles. The topological polar surface area (TPSA) is 107 Å². The second-order valence-electron chi connectivity index (χ2n) is 5.76. The van der Waals surface area contributed by atoms with Crippen LogP contribution >= 0.6 is 0 Å². The average molecular weight is 374 g/mol. The summed E-state index contributed by atoms with van der Waals surface area (Å²) in [6.07, 6.45) is 0.137. The maximum atomic E-state index is 12.5. The molecule has 3 rings (SSSR count). The number of nitrogens with one attached hydrogen (secondary N) is 1. The number of nitrogens with zero attached hydrogens (tertiary/aromatic N) is 3. The van der Waals surface area contributed by atoms with E-state index in [0.717, 1.165) is 21.1 Å². The predicted molar refractivity (Wildman–Crippen MR) is 88.1 cm³/mol. The van der Waals surface area contributed by atoms with E-state index in [9.17, 15) is 21.6 Å². The molecule has 1 aromatic rings. The average Bonchev–Trinajstić information content (AvgIpc) is 2.81. The lowest BCUT2D eigenvalue weighted by atomic mass is 10.2. The SMILES string of the molecule is CS(=O)(=O)N1CCN(S(C)(=O)=O)C2C1NC(=O)N2c1ccccc1. The van der Waals surface area contributed by atoms with Gasteiger partial charge in [0.05, 0.1) is 12.5 Å². The van der Waals surface area contributed by atoms with Crippen LogP contribution in [0.15, 0.2) is 30.3 Å². The second-order valence-corrected chi connectivity index (χ2v) is 9.63. The Labute approximate surface area is 140 Å². The van der Waals surface area contributed by atoms with Gasteiger partial charge in [-0.05, 0) is 12.1 Å². The summed E-state index contributed by atoms with van der Waals surface area (Å²) in [5.74, 6) is 0. The maximum absolute atomic E-state index is 12.5. The van der Waals surface area contributed by atoms with Crippen molar-refractivity contribution in [3.05, 3.63) is 30.3 Å². The van der Waals surface area contributed by atoms with E-state index in [1.165, 1.54) is 4.90 Å². The summed E-state index contributed by atoms with van der Waals surface area (Å²) < 4.78 is 50.7. The lowest BCUT2D eigenvalue weighted by molar-refractivity contribution is 0.144. The van der Waals surface area contributed by atoms with Gasteiger partial charge in [0.25, 0.3) is 0 Å². The van der Waals surface area contributed by atoms with Crippen LogP contribution in [-0.2, 0) is 20.0 Å². The van der Waals surface area contributed by atoms with Crippen LogP contribution in [0, 0.1) is 0 Å². The molecule has 1 aromatic carbocycles. The van der Waals surface area contributed by atoms with Crippen LogP contribution in [0.3, 0.4) is 0 Å². The van der Waals surface area contributed by atoms with E-state index in [0.29, 0.717) is 5.69 Å². The van der Waals surface area contributed by atoms with Gasteiger partial charge in [-0.2, -0.15) is 8.61 Å². The van der Waals surface area contributed by atoms with Gasteiger partial charge in [0.15, 0.2) is 0 Å². The third-order valence-corrected chi connectivity index (χ3v) is 6.58. The molecule has 11 heteroatoms. The minimum atomic E-state index is -3.64. The molecule has 2 aliphatic heterocycles. The van der Waals surface area contributed by atoms with Crippen LogP contribution in [-0.4, -0.2) is 69.4 Å². The van der Waals surface area contributed by atoms with Crippen LogP contribution in [0.25, 0.3) is 0 Å². The van der Waals surface area contributed by atoms with Crippen molar-refractivity contribution in [3.8, 4) is 0 Å². The van der Waals surface area contributed by atoms with Gasteiger partial charge >= 0.3 is 6.03 Å². The number of carbonyl (C=O) groups is 1. The van der Waals surface area contributed by atoms with Gasteiger partial charge in [-0.15, -0.1) is 0 Å². The molecular weight excluding hydrogens is 356 g/mol. The van der Waals surface area contributed by atoms with Crippen molar-refractivity contribution in [1.82, 2.24) is 13.9 Å². The van der Waals surface area contributed by atoms with E-state index < -0.39 is 38.4 Å². The molecule has 24 heavy (non-hydrogen) atoms. The van der Waals surface area contributed by atoms with Gasteiger partial charge in [0.1, 0.15) is 12.3 Å².